The maximum Gasteiger partial charge on any atom is 0.227 e. The number of aliphatic hydroxyl groups is 1. The van der Waals surface area contributed by atoms with E-state index in [-0.39, 0.29) is 24.5 Å². The van der Waals surface area contributed by atoms with Gasteiger partial charge in [0.25, 0.3) is 0 Å². The zero-order valence-electron chi connectivity index (χ0n) is 18.9. The number of anilines is 1. The molecule has 0 bridgehead atoms. The predicted molar refractivity (Wildman–Crippen MR) is 127 cm³/mol. The molecule has 0 saturated carbocycles. The fraction of sp³-hybridized carbons (Fsp3) is 0.400. The summed E-state index contributed by atoms with van der Waals surface area (Å²) < 4.78 is 11.7. The van der Waals surface area contributed by atoms with E-state index in [1.165, 1.54) is 0 Å². The number of piperidine rings is 1. The van der Waals surface area contributed by atoms with Gasteiger partial charge in [-0.05, 0) is 56.3 Å². The number of carbonyl (C=O) groups excluding carboxylic acids is 1. The molecule has 4 N–H and O–H groups in total. The molecule has 0 radical (unpaired) electrons. The molecule has 1 aromatic carbocycles. The van der Waals surface area contributed by atoms with E-state index in [9.17, 15) is 9.90 Å². The lowest BCUT2D eigenvalue weighted by Gasteiger charge is -2.23. The molecule has 2 fully saturated rings. The Morgan fingerprint density at radius 1 is 1.09 bits per heavy atom. The molecule has 0 spiro atoms. The number of ether oxygens (including phenoxy) is 1. The minimum atomic E-state index is -0.204. The van der Waals surface area contributed by atoms with E-state index in [1.807, 2.05) is 30.3 Å². The normalized spacial score (nSPS) is 19.1. The van der Waals surface area contributed by atoms with Crippen molar-refractivity contribution in [1.82, 2.24) is 20.6 Å². The Balaban J connectivity index is 1.46. The largest absolute Gasteiger partial charge is 0.457 e. The van der Waals surface area contributed by atoms with E-state index in [2.05, 4.69) is 16.0 Å². The van der Waals surface area contributed by atoms with Crippen LogP contribution in [0.2, 0.25) is 0 Å². The smallest absolute Gasteiger partial charge is 0.227 e. The molecule has 1 unspecified atom stereocenters. The van der Waals surface area contributed by atoms with Gasteiger partial charge in [0.2, 0.25) is 5.91 Å². The summed E-state index contributed by atoms with van der Waals surface area (Å²) in [6.07, 6.45) is 1.48. The second-order valence-corrected chi connectivity index (χ2v) is 8.58. The second-order valence-electron chi connectivity index (χ2n) is 8.58. The molecule has 3 aromatic rings. The molecule has 1 atom stereocenters. The predicted octanol–water partition coefficient (Wildman–Crippen LogP) is 2.49. The van der Waals surface area contributed by atoms with Crippen LogP contribution in [0.3, 0.4) is 0 Å². The number of rotatable bonds is 6. The third kappa shape index (κ3) is 5.18. The van der Waals surface area contributed by atoms with Gasteiger partial charge in [0, 0.05) is 30.3 Å². The molecule has 2 aliphatic heterocycles. The van der Waals surface area contributed by atoms with E-state index in [1.54, 1.807) is 12.1 Å². The first-order valence-electron chi connectivity index (χ1n) is 11.7. The number of aromatic nitrogens is 2. The van der Waals surface area contributed by atoms with Gasteiger partial charge < -0.3 is 30.2 Å². The minimum absolute atomic E-state index is 0.0201. The van der Waals surface area contributed by atoms with Crippen LogP contribution in [0.1, 0.15) is 30.4 Å². The van der Waals surface area contributed by atoms with Gasteiger partial charge >= 0.3 is 0 Å². The van der Waals surface area contributed by atoms with Gasteiger partial charge in [0.15, 0.2) is 11.6 Å². The van der Waals surface area contributed by atoms with Crippen LogP contribution in [0.5, 0.6) is 0 Å². The van der Waals surface area contributed by atoms with Gasteiger partial charge in [-0.15, -0.1) is 0 Å². The highest BCUT2D eigenvalue weighted by Gasteiger charge is 2.23. The van der Waals surface area contributed by atoms with Crippen LogP contribution >= 0.6 is 0 Å². The third-order valence-corrected chi connectivity index (χ3v) is 6.17. The lowest BCUT2D eigenvalue weighted by atomic mass is 9.97. The van der Waals surface area contributed by atoms with E-state index in [0.717, 1.165) is 43.7 Å². The molecular weight excluding hydrogens is 434 g/mol. The Bertz CT molecular complexity index is 1140. The highest BCUT2D eigenvalue weighted by Crippen LogP contribution is 2.29. The fourth-order valence-electron chi connectivity index (χ4n) is 4.31. The fourth-order valence-corrected chi connectivity index (χ4v) is 4.31. The van der Waals surface area contributed by atoms with Crippen molar-refractivity contribution in [2.75, 3.05) is 38.1 Å². The number of amides is 1. The number of nitrogens with zero attached hydrogens (tertiary/aromatic N) is 2. The van der Waals surface area contributed by atoms with Gasteiger partial charge in [-0.25, -0.2) is 9.97 Å². The Morgan fingerprint density at radius 3 is 2.74 bits per heavy atom. The van der Waals surface area contributed by atoms with Gasteiger partial charge in [-0.1, -0.05) is 12.1 Å². The van der Waals surface area contributed by atoms with Gasteiger partial charge in [0.05, 0.1) is 12.3 Å². The molecule has 2 aromatic heterocycles. The highest BCUT2D eigenvalue weighted by atomic mass is 16.5. The number of benzene rings is 1. The SMILES string of the molecule is O=C(Nc1cccc(-c2nc(-c3ccc(CO)o3)cc(C3CNCCO3)n2)c1)C1CCNCC1. The molecule has 2 saturated heterocycles. The lowest BCUT2D eigenvalue weighted by molar-refractivity contribution is -0.120. The van der Waals surface area contributed by atoms with Gasteiger partial charge in [-0.2, -0.15) is 0 Å². The van der Waals surface area contributed by atoms with E-state index < -0.39 is 0 Å². The van der Waals surface area contributed by atoms with Crippen LogP contribution in [0.4, 0.5) is 5.69 Å². The summed E-state index contributed by atoms with van der Waals surface area (Å²) in [4.78, 5) is 22.3. The van der Waals surface area contributed by atoms with Gasteiger partial charge in [-0.3, -0.25) is 4.79 Å². The van der Waals surface area contributed by atoms with Crippen molar-refractivity contribution in [3.63, 3.8) is 0 Å². The number of carbonyl (C=O) groups is 1. The summed E-state index contributed by atoms with van der Waals surface area (Å²) in [7, 11) is 0. The summed E-state index contributed by atoms with van der Waals surface area (Å²) in [6.45, 7) is 3.61. The zero-order chi connectivity index (χ0) is 23.3. The molecule has 178 valence electrons. The zero-order valence-corrected chi connectivity index (χ0v) is 18.9. The van der Waals surface area contributed by atoms with E-state index in [0.29, 0.717) is 41.9 Å². The van der Waals surface area contributed by atoms with Crippen molar-refractivity contribution < 1.29 is 19.1 Å². The first-order chi connectivity index (χ1) is 16.7. The summed E-state index contributed by atoms with van der Waals surface area (Å²) in [5.74, 6) is 1.60. The summed E-state index contributed by atoms with van der Waals surface area (Å²) in [5, 5.41) is 19.1. The summed E-state index contributed by atoms with van der Waals surface area (Å²) in [5.41, 5.74) is 2.85. The number of hydrogen-bond donors (Lipinski definition) is 4. The third-order valence-electron chi connectivity index (χ3n) is 6.17. The van der Waals surface area contributed by atoms with Crippen LogP contribution in [-0.2, 0) is 16.1 Å². The Labute approximate surface area is 198 Å². The number of furan rings is 1. The number of aliphatic hydroxyl groups excluding tert-OH is 1. The molecule has 5 rings (SSSR count). The van der Waals surface area contributed by atoms with E-state index >= 15 is 0 Å². The monoisotopic (exact) mass is 463 g/mol. The molecule has 9 nitrogen and oxygen atoms in total. The van der Waals surface area contributed by atoms with Crippen molar-refractivity contribution >= 4 is 11.6 Å². The summed E-state index contributed by atoms with van der Waals surface area (Å²) in [6, 6.07) is 13.0. The minimum Gasteiger partial charge on any atom is -0.457 e. The number of hydrogen-bond acceptors (Lipinski definition) is 8. The van der Waals surface area contributed by atoms with Crippen molar-refractivity contribution in [3.05, 3.63) is 53.9 Å². The van der Waals surface area contributed by atoms with Gasteiger partial charge in [0.1, 0.15) is 24.2 Å². The average Bonchev–Trinajstić information content (AvgIpc) is 3.39. The average molecular weight is 464 g/mol. The topological polar surface area (TPSA) is 122 Å². The van der Waals surface area contributed by atoms with Crippen LogP contribution in [0.25, 0.3) is 22.8 Å². The standard InChI is InChI=1S/C25H29N5O4/c31-15-19-4-5-22(34-19)20-13-21(23-14-27-10-11-33-23)30-24(29-20)17-2-1-3-18(12-17)28-25(32)16-6-8-26-9-7-16/h1-5,12-13,16,23,26-27,31H,6-11,14-15H2,(H,28,32). The molecule has 4 heterocycles. The van der Waals surface area contributed by atoms with Crippen molar-refractivity contribution in [1.29, 1.82) is 0 Å². The van der Waals surface area contributed by atoms with E-state index in [4.69, 9.17) is 19.1 Å². The Hall–Kier alpha value is -3.11. The Kier molecular flexibility index (Phi) is 6.96. The number of nitrogens with one attached hydrogen (secondary N) is 3. The maximum absolute atomic E-state index is 12.7. The molecule has 0 aliphatic carbocycles. The quantitative estimate of drug-likeness (QED) is 0.440. The first-order valence-corrected chi connectivity index (χ1v) is 11.7. The van der Waals surface area contributed by atoms with Crippen molar-refractivity contribution in [2.24, 2.45) is 5.92 Å². The Morgan fingerprint density at radius 2 is 1.97 bits per heavy atom. The van der Waals surface area contributed by atoms with Crippen LogP contribution in [-0.4, -0.2) is 53.8 Å². The molecule has 2 aliphatic rings. The maximum atomic E-state index is 12.7. The van der Waals surface area contributed by atoms with Crippen LogP contribution in [0, 0.1) is 5.92 Å². The molecule has 1 amide bonds. The van der Waals surface area contributed by atoms with Crippen molar-refractivity contribution in [2.45, 2.75) is 25.6 Å². The van der Waals surface area contributed by atoms with Crippen LogP contribution in [0.15, 0.2) is 46.9 Å². The first kappa shape index (κ1) is 22.7. The molecular formula is C25H29N5O4. The second kappa shape index (κ2) is 10.4. The summed E-state index contributed by atoms with van der Waals surface area (Å²) >= 11 is 0. The molecule has 34 heavy (non-hydrogen) atoms. The van der Waals surface area contributed by atoms with Crippen LogP contribution < -0.4 is 16.0 Å². The molecule has 9 heteroatoms. The highest BCUT2D eigenvalue weighted by molar-refractivity contribution is 5.93. The number of morpholine rings is 1. The lowest BCUT2D eigenvalue weighted by Crippen LogP contribution is -2.34. The van der Waals surface area contributed by atoms with Crippen molar-refractivity contribution in [3.8, 4) is 22.8 Å².